The average molecular weight is 353 g/mol. The van der Waals surface area contributed by atoms with Crippen LogP contribution < -0.4 is 15.1 Å². The van der Waals surface area contributed by atoms with Crippen molar-refractivity contribution >= 4 is 34.8 Å². The zero-order valence-corrected chi connectivity index (χ0v) is 13.8. The predicted octanol–water partition coefficient (Wildman–Crippen LogP) is 2.16. The van der Waals surface area contributed by atoms with Crippen LogP contribution in [0.1, 0.15) is 6.42 Å². The predicted molar refractivity (Wildman–Crippen MR) is 94.3 cm³/mol. The molecular weight excluding hydrogens is 337 g/mol. The molecule has 3 amide bonds. The Bertz CT molecular complexity index is 914. The molecule has 6 nitrogen and oxygen atoms in total. The summed E-state index contributed by atoms with van der Waals surface area (Å²) in [7, 11) is 0. The molecule has 2 aromatic carbocycles. The third-order valence-electron chi connectivity index (χ3n) is 4.65. The van der Waals surface area contributed by atoms with Crippen LogP contribution >= 0.6 is 0 Å². The molecule has 2 aliphatic heterocycles. The second kappa shape index (κ2) is 6.25. The largest absolute Gasteiger partial charge is 0.323 e. The summed E-state index contributed by atoms with van der Waals surface area (Å²) in [6, 6.07) is 13.0. The maximum absolute atomic E-state index is 14.0. The third kappa shape index (κ3) is 2.71. The Hall–Kier alpha value is -3.22. The van der Waals surface area contributed by atoms with Crippen LogP contribution in [0, 0.1) is 11.7 Å². The first-order valence-electron chi connectivity index (χ1n) is 8.30. The van der Waals surface area contributed by atoms with Crippen molar-refractivity contribution in [3.05, 3.63) is 54.3 Å². The van der Waals surface area contributed by atoms with Gasteiger partial charge in [0.1, 0.15) is 12.4 Å². The van der Waals surface area contributed by atoms with Crippen molar-refractivity contribution in [2.45, 2.75) is 6.42 Å². The number of nitrogens with zero attached hydrogens (tertiary/aromatic N) is 2. The molecule has 1 fully saturated rings. The normalized spacial score (nSPS) is 19.3. The number of hydrogen-bond donors (Lipinski definition) is 1. The first-order chi connectivity index (χ1) is 12.5. The number of carbonyl (C=O) groups is 3. The van der Waals surface area contributed by atoms with E-state index in [1.807, 2.05) is 0 Å². The summed E-state index contributed by atoms with van der Waals surface area (Å²) >= 11 is 0. The van der Waals surface area contributed by atoms with Crippen LogP contribution in [-0.4, -0.2) is 30.8 Å². The lowest BCUT2D eigenvalue weighted by Gasteiger charge is -2.30. The fourth-order valence-electron chi connectivity index (χ4n) is 3.43. The van der Waals surface area contributed by atoms with Crippen LogP contribution in [0.5, 0.6) is 0 Å². The Morgan fingerprint density at radius 3 is 2.50 bits per heavy atom. The molecule has 7 heteroatoms. The van der Waals surface area contributed by atoms with Gasteiger partial charge in [-0.3, -0.25) is 14.4 Å². The van der Waals surface area contributed by atoms with Gasteiger partial charge in [0.2, 0.25) is 17.7 Å². The molecule has 4 rings (SSSR count). The lowest BCUT2D eigenvalue weighted by atomic mass is 10.1. The van der Waals surface area contributed by atoms with Gasteiger partial charge in [-0.25, -0.2) is 4.39 Å². The average Bonchev–Trinajstić information content (AvgIpc) is 3.02. The summed E-state index contributed by atoms with van der Waals surface area (Å²) in [4.78, 5) is 40.0. The van der Waals surface area contributed by atoms with E-state index < -0.39 is 11.7 Å². The third-order valence-corrected chi connectivity index (χ3v) is 4.65. The zero-order chi connectivity index (χ0) is 18.3. The van der Waals surface area contributed by atoms with Crippen LogP contribution in [0.15, 0.2) is 48.5 Å². The van der Waals surface area contributed by atoms with Crippen LogP contribution in [-0.2, 0) is 14.4 Å². The molecular formula is C19H16FN3O3. The number of amides is 3. The fraction of sp³-hybridized carbons (Fsp3) is 0.211. The fourth-order valence-corrected chi connectivity index (χ4v) is 3.43. The first kappa shape index (κ1) is 16.3. The molecule has 0 radical (unpaired) electrons. The van der Waals surface area contributed by atoms with Gasteiger partial charge in [-0.1, -0.05) is 24.3 Å². The molecule has 2 heterocycles. The molecule has 132 valence electrons. The summed E-state index contributed by atoms with van der Waals surface area (Å²) < 4.78 is 14.0. The number of nitrogens with one attached hydrogen (secondary N) is 1. The topological polar surface area (TPSA) is 69.7 Å². The minimum absolute atomic E-state index is 0.00649. The first-order valence-corrected chi connectivity index (χ1v) is 8.30. The molecule has 2 aliphatic rings. The quantitative estimate of drug-likeness (QED) is 0.900. The lowest BCUT2D eigenvalue weighted by molar-refractivity contribution is -0.125. The van der Waals surface area contributed by atoms with E-state index in [4.69, 9.17) is 0 Å². The van der Waals surface area contributed by atoms with Crippen LogP contribution in [0.2, 0.25) is 0 Å². The number of para-hydroxylation sites is 3. The molecule has 0 bridgehead atoms. The molecule has 1 N–H and O–H groups in total. The molecule has 26 heavy (non-hydrogen) atoms. The van der Waals surface area contributed by atoms with Gasteiger partial charge in [0.25, 0.3) is 0 Å². The molecule has 2 aromatic rings. The molecule has 0 spiro atoms. The lowest BCUT2D eigenvalue weighted by Crippen LogP contribution is -2.45. The summed E-state index contributed by atoms with van der Waals surface area (Å²) in [6.07, 6.45) is -0.00649. The number of rotatable bonds is 2. The second-order valence-electron chi connectivity index (χ2n) is 6.35. The number of fused-ring (bicyclic) bond motifs is 1. The van der Waals surface area contributed by atoms with Crippen molar-refractivity contribution in [3.63, 3.8) is 0 Å². The SMILES string of the molecule is O=C1CN(C(=O)C2CC(=O)N(c3ccccc3F)C2)c2ccccc2N1. The van der Waals surface area contributed by atoms with Gasteiger partial charge < -0.3 is 15.1 Å². The van der Waals surface area contributed by atoms with E-state index in [1.54, 1.807) is 36.4 Å². The minimum atomic E-state index is -0.624. The molecule has 0 aromatic heterocycles. The van der Waals surface area contributed by atoms with Crippen molar-refractivity contribution < 1.29 is 18.8 Å². The summed E-state index contributed by atoms with van der Waals surface area (Å²) in [5, 5.41) is 2.73. The Morgan fingerprint density at radius 1 is 1.04 bits per heavy atom. The highest BCUT2D eigenvalue weighted by atomic mass is 19.1. The van der Waals surface area contributed by atoms with E-state index in [2.05, 4.69) is 5.32 Å². The molecule has 1 saturated heterocycles. The van der Waals surface area contributed by atoms with Crippen molar-refractivity contribution in [1.82, 2.24) is 0 Å². The van der Waals surface area contributed by atoms with Crippen LogP contribution in [0.3, 0.4) is 0 Å². The van der Waals surface area contributed by atoms with E-state index in [0.29, 0.717) is 11.4 Å². The van der Waals surface area contributed by atoms with Gasteiger partial charge in [-0.05, 0) is 24.3 Å². The Morgan fingerprint density at radius 2 is 1.73 bits per heavy atom. The van der Waals surface area contributed by atoms with Gasteiger partial charge in [-0.2, -0.15) is 0 Å². The van der Waals surface area contributed by atoms with Gasteiger partial charge in [0.05, 0.1) is 23.0 Å². The highest BCUT2D eigenvalue weighted by Crippen LogP contribution is 2.33. The summed E-state index contributed by atoms with van der Waals surface area (Å²) in [5.74, 6) is -2.02. The monoisotopic (exact) mass is 353 g/mol. The van der Waals surface area contributed by atoms with Crippen LogP contribution in [0.4, 0.5) is 21.5 Å². The highest BCUT2D eigenvalue weighted by molar-refractivity contribution is 6.12. The van der Waals surface area contributed by atoms with Crippen molar-refractivity contribution in [2.75, 3.05) is 28.2 Å². The highest BCUT2D eigenvalue weighted by Gasteiger charge is 2.40. The van der Waals surface area contributed by atoms with Crippen LogP contribution in [0.25, 0.3) is 0 Å². The summed E-state index contributed by atoms with van der Waals surface area (Å²) in [6.45, 7) is -0.000872. The number of hydrogen-bond acceptors (Lipinski definition) is 3. The van der Waals surface area contributed by atoms with Crippen molar-refractivity contribution in [3.8, 4) is 0 Å². The van der Waals surface area contributed by atoms with Gasteiger partial charge in [0, 0.05) is 13.0 Å². The second-order valence-corrected chi connectivity index (χ2v) is 6.35. The number of halogens is 1. The molecule has 1 unspecified atom stereocenters. The van der Waals surface area contributed by atoms with Crippen molar-refractivity contribution in [2.24, 2.45) is 5.92 Å². The Kier molecular flexibility index (Phi) is 3.91. The summed E-state index contributed by atoms with van der Waals surface area (Å²) in [5.41, 5.74) is 1.34. The van der Waals surface area contributed by atoms with E-state index >= 15 is 0 Å². The number of carbonyl (C=O) groups excluding carboxylic acids is 3. The smallest absolute Gasteiger partial charge is 0.244 e. The van der Waals surface area contributed by atoms with Gasteiger partial charge in [-0.15, -0.1) is 0 Å². The Labute approximate surface area is 149 Å². The zero-order valence-electron chi connectivity index (χ0n) is 13.8. The van der Waals surface area contributed by atoms with Crippen molar-refractivity contribution in [1.29, 1.82) is 0 Å². The minimum Gasteiger partial charge on any atom is -0.323 e. The van der Waals surface area contributed by atoms with E-state index in [-0.39, 0.29) is 42.9 Å². The van der Waals surface area contributed by atoms with E-state index in [9.17, 15) is 18.8 Å². The molecule has 0 saturated carbocycles. The molecule has 1 atom stereocenters. The Balaban J connectivity index is 1.59. The maximum atomic E-state index is 14.0. The molecule has 0 aliphatic carbocycles. The van der Waals surface area contributed by atoms with E-state index in [1.165, 1.54) is 21.9 Å². The maximum Gasteiger partial charge on any atom is 0.244 e. The van der Waals surface area contributed by atoms with Gasteiger partial charge in [0.15, 0.2) is 0 Å². The standard InChI is InChI=1S/C19H16FN3O3/c20-13-5-1-3-7-15(13)22-10-12(9-18(22)25)19(26)23-11-17(24)21-14-6-2-4-8-16(14)23/h1-8,12H,9-11H2,(H,21,24). The van der Waals surface area contributed by atoms with E-state index in [0.717, 1.165) is 0 Å². The van der Waals surface area contributed by atoms with Gasteiger partial charge >= 0.3 is 0 Å². The number of benzene rings is 2. The number of anilines is 3.